The summed E-state index contributed by atoms with van der Waals surface area (Å²) in [6.07, 6.45) is 4.99. The molecule has 98 valence electrons. The SMILES string of the molecule is CCCCCCC(=O)C1CSc2ccccc2O1. The van der Waals surface area contributed by atoms with Gasteiger partial charge in [0, 0.05) is 17.1 Å². The normalized spacial score (nSPS) is 17.9. The summed E-state index contributed by atoms with van der Waals surface area (Å²) < 4.78 is 5.78. The van der Waals surface area contributed by atoms with Crippen molar-refractivity contribution in [2.75, 3.05) is 5.75 Å². The first-order valence-electron chi connectivity index (χ1n) is 6.72. The summed E-state index contributed by atoms with van der Waals surface area (Å²) in [4.78, 5) is 13.2. The molecule has 0 spiro atoms. The molecule has 1 unspecified atom stereocenters. The van der Waals surface area contributed by atoms with Crippen molar-refractivity contribution in [2.45, 2.75) is 50.0 Å². The minimum Gasteiger partial charge on any atom is -0.481 e. The average molecular weight is 264 g/mol. The van der Waals surface area contributed by atoms with E-state index in [4.69, 9.17) is 4.74 Å². The number of ether oxygens (including phenoxy) is 1. The van der Waals surface area contributed by atoms with Gasteiger partial charge in [0.05, 0.1) is 0 Å². The Kier molecular flexibility index (Phi) is 5.12. The van der Waals surface area contributed by atoms with E-state index in [0.717, 1.165) is 29.2 Å². The second kappa shape index (κ2) is 6.83. The smallest absolute Gasteiger partial charge is 0.174 e. The molecule has 1 atom stereocenters. The van der Waals surface area contributed by atoms with E-state index in [-0.39, 0.29) is 11.9 Å². The third kappa shape index (κ3) is 3.52. The molecule has 1 aliphatic rings. The molecule has 0 saturated heterocycles. The minimum absolute atomic E-state index is 0.244. The third-order valence-corrected chi connectivity index (χ3v) is 4.26. The van der Waals surface area contributed by atoms with Gasteiger partial charge in [-0.1, -0.05) is 38.3 Å². The molecule has 2 rings (SSSR count). The van der Waals surface area contributed by atoms with Gasteiger partial charge in [0.25, 0.3) is 0 Å². The molecule has 0 aromatic heterocycles. The van der Waals surface area contributed by atoms with Crippen molar-refractivity contribution in [3.63, 3.8) is 0 Å². The number of unbranched alkanes of at least 4 members (excludes halogenated alkanes) is 3. The van der Waals surface area contributed by atoms with Crippen LogP contribution in [0, 0.1) is 0 Å². The Morgan fingerprint density at radius 1 is 1.33 bits per heavy atom. The van der Waals surface area contributed by atoms with Crippen molar-refractivity contribution < 1.29 is 9.53 Å². The van der Waals surface area contributed by atoms with Gasteiger partial charge in [0.2, 0.25) is 0 Å². The number of para-hydroxylation sites is 1. The van der Waals surface area contributed by atoms with E-state index in [0.29, 0.717) is 6.42 Å². The Morgan fingerprint density at radius 2 is 2.17 bits per heavy atom. The maximum absolute atomic E-state index is 12.0. The molecule has 0 bridgehead atoms. The molecule has 0 N–H and O–H groups in total. The van der Waals surface area contributed by atoms with E-state index in [9.17, 15) is 4.79 Å². The lowest BCUT2D eigenvalue weighted by Gasteiger charge is -2.24. The summed E-state index contributed by atoms with van der Waals surface area (Å²) in [6, 6.07) is 7.94. The number of hydrogen-bond donors (Lipinski definition) is 0. The highest BCUT2D eigenvalue weighted by Crippen LogP contribution is 2.35. The molecule has 0 radical (unpaired) electrons. The van der Waals surface area contributed by atoms with Gasteiger partial charge in [-0.2, -0.15) is 0 Å². The minimum atomic E-state index is -0.244. The summed E-state index contributed by atoms with van der Waals surface area (Å²) in [5.41, 5.74) is 0. The van der Waals surface area contributed by atoms with Crippen molar-refractivity contribution in [1.82, 2.24) is 0 Å². The summed E-state index contributed by atoms with van der Waals surface area (Å²) in [6.45, 7) is 2.18. The Morgan fingerprint density at radius 3 is 3.00 bits per heavy atom. The van der Waals surface area contributed by atoms with Gasteiger partial charge in [0.1, 0.15) is 5.75 Å². The predicted octanol–water partition coefficient (Wildman–Crippen LogP) is 4.08. The Bertz CT molecular complexity index is 403. The van der Waals surface area contributed by atoms with Gasteiger partial charge < -0.3 is 4.74 Å². The first-order chi connectivity index (χ1) is 8.81. The van der Waals surface area contributed by atoms with Gasteiger partial charge in [-0.15, -0.1) is 11.8 Å². The van der Waals surface area contributed by atoms with Crippen LogP contribution in [0.15, 0.2) is 29.2 Å². The molecule has 0 aliphatic carbocycles. The second-order valence-corrected chi connectivity index (χ2v) is 5.70. The highest BCUT2D eigenvalue weighted by atomic mass is 32.2. The summed E-state index contributed by atoms with van der Waals surface area (Å²) >= 11 is 1.72. The van der Waals surface area contributed by atoms with Crippen LogP contribution in [0.4, 0.5) is 0 Å². The molecular formula is C15H20O2S. The monoisotopic (exact) mass is 264 g/mol. The van der Waals surface area contributed by atoms with Crippen LogP contribution in [0.1, 0.15) is 39.0 Å². The largest absolute Gasteiger partial charge is 0.481 e. The summed E-state index contributed by atoms with van der Waals surface area (Å²) in [7, 11) is 0. The van der Waals surface area contributed by atoms with Crippen molar-refractivity contribution in [3.8, 4) is 5.75 Å². The highest BCUT2D eigenvalue weighted by molar-refractivity contribution is 7.99. The van der Waals surface area contributed by atoms with E-state index in [2.05, 4.69) is 6.92 Å². The number of Topliss-reactive ketones (excluding diaryl/α,β-unsaturated/α-hetero) is 1. The van der Waals surface area contributed by atoms with Crippen LogP contribution >= 0.6 is 11.8 Å². The maximum atomic E-state index is 12.0. The zero-order chi connectivity index (χ0) is 12.8. The predicted molar refractivity (Wildman–Crippen MR) is 75.3 cm³/mol. The molecule has 18 heavy (non-hydrogen) atoms. The lowest BCUT2D eigenvalue weighted by Crippen LogP contribution is -2.32. The van der Waals surface area contributed by atoms with Gasteiger partial charge in [-0.05, 0) is 18.6 Å². The van der Waals surface area contributed by atoms with Crippen LogP contribution in [-0.2, 0) is 4.79 Å². The van der Waals surface area contributed by atoms with Crippen LogP contribution in [0.2, 0.25) is 0 Å². The second-order valence-electron chi connectivity index (χ2n) is 4.64. The number of thioether (sulfide) groups is 1. The summed E-state index contributed by atoms with van der Waals surface area (Å²) in [5.74, 6) is 1.87. The van der Waals surface area contributed by atoms with Crippen LogP contribution < -0.4 is 4.74 Å². The fraction of sp³-hybridized carbons (Fsp3) is 0.533. The van der Waals surface area contributed by atoms with E-state index < -0.39 is 0 Å². The summed E-state index contributed by atoms with van der Waals surface area (Å²) in [5, 5.41) is 0. The molecule has 1 aliphatic heterocycles. The van der Waals surface area contributed by atoms with Crippen LogP contribution in [-0.4, -0.2) is 17.6 Å². The Balaban J connectivity index is 1.83. The molecular weight excluding hydrogens is 244 g/mol. The lowest BCUT2D eigenvalue weighted by molar-refractivity contribution is -0.125. The first-order valence-corrected chi connectivity index (χ1v) is 7.71. The van der Waals surface area contributed by atoms with Gasteiger partial charge >= 0.3 is 0 Å². The molecule has 2 nitrogen and oxygen atoms in total. The first kappa shape index (κ1) is 13.5. The zero-order valence-corrected chi connectivity index (χ0v) is 11.7. The average Bonchev–Trinajstić information content (AvgIpc) is 2.43. The quantitative estimate of drug-likeness (QED) is 0.724. The number of carbonyl (C=O) groups excluding carboxylic acids is 1. The van der Waals surface area contributed by atoms with Crippen LogP contribution in [0.3, 0.4) is 0 Å². The number of carbonyl (C=O) groups is 1. The van der Waals surface area contributed by atoms with E-state index in [1.54, 1.807) is 11.8 Å². The maximum Gasteiger partial charge on any atom is 0.174 e. The van der Waals surface area contributed by atoms with Gasteiger partial charge in [-0.25, -0.2) is 0 Å². The van der Waals surface area contributed by atoms with E-state index >= 15 is 0 Å². The lowest BCUT2D eigenvalue weighted by atomic mass is 10.1. The molecule has 1 heterocycles. The topological polar surface area (TPSA) is 26.3 Å². The van der Waals surface area contributed by atoms with E-state index in [1.807, 2.05) is 24.3 Å². The zero-order valence-electron chi connectivity index (χ0n) is 10.9. The van der Waals surface area contributed by atoms with E-state index in [1.165, 1.54) is 12.8 Å². The third-order valence-electron chi connectivity index (χ3n) is 3.14. The number of benzene rings is 1. The number of fused-ring (bicyclic) bond motifs is 1. The molecule has 1 aromatic rings. The molecule has 0 fully saturated rings. The van der Waals surface area contributed by atoms with Crippen LogP contribution in [0.25, 0.3) is 0 Å². The fourth-order valence-corrected chi connectivity index (χ4v) is 3.08. The van der Waals surface area contributed by atoms with Crippen LogP contribution in [0.5, 0.6) is 5.75 Å². The number of hydrogen-bond acceptors (Lipinski definition) is 3. The molecule has 0 saturated carbocycles. The van der Waals surface area contributed by atoms with Crippen molar-refractivity contribution in [2.24, 2.45) is 0 Å². The fourth-order valence-electron chi connectivity index (χ4n) is 2.07. The van der Waals surface area contributed by atoms with Crippen molar-refractivity contribution >= 4 is 17.5 Å². The Labute approximate surface area is 113 Å². The number of rotatable bonds is 6. The van der Waals surface area contributed by atoms with Crippen molar-refractivity contribution in [1.29, 1.82) is 0 Å². The Hall–Kier alpha value is -0.960. The highest BCUT2D eigenvalue weighted by Gasteiger charge is 2.25. The molecule has 0 amide bonds. The standard InChI is InChI=1S/C15H20O2S/c1-2-3-4-5-8-12(16)14-11-18-15-10-7-6-9-13(15)17-14/h6-7,9-10,14H,2-5,8,11H2,1H3. The van der Waals surface area contributed by atoms with Gasteiger partial charge in [-0.3, -0.25) is 4.79 Å². The molecule has 1 aromatic carbocycles. The number of ketones is 1. The molecule has 3 heteroatoms. The van der Waals surface area contributed by atoms with Gasteiger partial charge in [0.15, 0.2) is 11.9 Å². The van der Waals surface area contributed by atoms with Crippen molar-refractivity contribution in [3.05, 3.63) is 24.3 Å².